The summed E-state index contributed by atoms with van der Waals surface area (Å²) < 4.78 is 5.45. The Balaban J connectivity index is 1.65. The number of rotatable bonds is 6. The first-order chi connectivity index (χ1) is 11.7. The molecular weight excluding hydrogens is 300 g/mol. The molecule has 1 aliphatic rings. The highest BCUT2D eigenvalue weighted by molar-refractivity contribution is 5.78. The van der Waals surface area contributed by atoms with Crippen LogP contribution in [0.1, 0.15) is 31.1 Å². The van der Waals surface area contributed by atoms with Crippen molar-refractivity contribution in [3.63, 3.8) is 0 Å². The van der Waals surface area contributed by atoms with Crippen LogP contribution in [0.25, 0.3) is 0 Å². The Labute approximate surface area is 144 Å². The fourth-order valence-corrected chi connectivity index (χ4v) is 3.14. The molecule has 1 fully saturated rings. The number of piperidine rings is 1. The number of benzene rings is 1. The predicted octanol–water partition coefficient (Wildman–Crippen LogP) is 3.54. The van der Waals surface area contributed by atoms with Gasteiger partial charge in [-0.1, -0.05) is 37.3 Å². The van der Waals surface area contributed by atoms with Gasteiger partial charge in [-0.3, -0.25) is 9.69 Å². The summed E-state index contributed by atoms with van der Waals surface area (Å²) in [5.74, 6) is 1.77. The van der Waals surface area contributed by atoms with Gasteiger partial charge in [0.05, 0.1) is 19.4 Å². The summed E-state index contributed by atoms with van der Waals surface area (Å²) in [6.45, 7) is 5.97. The molecule has 1 aromatic heterocycles. The van der Waals surface area contributed by atoms with E-state index in [2.05, 4.69) is 24.0 Å². The van der Waals surface area contributed by atoms with E-state index in [1.807, 2.05) is 35.2 Å². The molecule has 2 heterocycles. The van der Waals surface area contributed by atoms with Gasteiger partial charge >= 0.3 is 0 Å². The lowest BCUT2D eigenvalue weighted by molar-refractivity contribution is -0.134. The van der Waals surface area contributed by atoms with Crippen molar-refractivity contribution < 1.29 is 9.21 Å². The molecule has 0 N–H and O–H groups in total. The molecule has 1 aromatic carbocycles. The van der Waals surface area contributed by atoms with E-state index in [1.165, 1.54) is 12.8 Å². The van der Waals surface area contributed by atoms with Gasteiger partial charge < -0.3 is 9.32 Å². The Hall–Kier alpha value is -2.07. The zero-order valence-corrected chi connectivity index (χ0v) is 14.4. The Morgan fingerprint density at radius 1 is 1.12 bits per heavy atom. The van der Waals surface area contributed by atoms with E-state index < -0.39 is 0 Å². The molecule has 0 radical (unpaired) electrons. The minimum atomic E-state index is 0.171. The van der Waals surface area contributed by atoms with E-state index in [9.17, 15) is 4.79 Å². The Kier molecular flexibility index (Phi) is 5.70. The molecule has 0 saturated carbocycles. The normalized spacial score (nSPS) is 16.2. The van der Waals surface area contributed by atoms with Crippen LogP contribution in [0.5, 0.6) is 0 Å². The van der Waals surface area contributed by atoms with Crippen molar-refractivity contribution in [2.24, 2.45) is 5.92 Å². The van der Waals surface area contributed by atoms with Gasteiger partial charge in [-0.2, -0.15) is 0 Å². The van der Waals surface area contributed by atoms with Gasteiger partial charge in [-0.25, -0.2) is 0 Å². The molecule has 1 amide bonds. The second kappa shape index (κ2) is 8.15. The van der Waals surface area contributed by atoms with Crippen molar-refractivity contribution in [1.82, 2.24) is 9.80 Å². The largest absolute Gasteiger partial charge is 0.467 e. The summed E-state index contributed by atoms with van der Waals surface area (Å²) in [5, 5.41) is 0. The molecule has 0 unspecified atom stereocenters. The number of amides is 1. The zero-order chi connectivity index (χ0) is 16.8. The third-order valence-corrected chi connectivity index (χ3v) is 4.73. The number of carbonyl (C=O) groups excluding carboxylic acids is 1. The van der Waals surface area contributed by atoms with Crippen LogP contribution >= 0.6 is 0 Å². The fraction of sp³-hybridized carbons (Fsp3) is 0.450. The molecule has 1 aliphatic heterocycles. The van der Waals surface area contributed by atoms with Crippen molar-refractivity contribution in [2.45, 2.75) is 32.9 Å². The molecule has 2 aromatic rings. The van der Waals surface area contributed by atoms with Crippen LogP contribution in [0.15, 0.2) is 53.1 Å². The average Bonchev–Trinajstić information content (AvgIpc) is 3.10. The Morgan fingerprint density at radius 2 is 1.88 bits per heavy atom. The molecule has 4 heteroatoms. The summed E-state index contributed by atoms with van der Waals surface area (Å²) in [6, 6.07) is 13.9. The second-order valence-electron chi connectivity index (χ2n) is 6.77. The predicted molar refractivity (Wildman–Crippen MR) is 94.2 cm³/mol. The third kappa shape index (κ3) is 4.71. The summed E-state index contributed by atoms with van der Waals surface area (Å²) in [5.41, 5.74) is 1.14. The summed E-state index contributed by atoms with van der Waals surface area (Å²) in [4.78, 5) is 17.0. The minimum Gasteiger partial charge on any atom is -0.467 e. The molecule has 4 nitrogen and oxygen atoms in total. The summed E-state index contributed by atoms with van der Waals surface area (Å²) >= 11 is 0. The highest BCUT2D eigenvalue weighted by Crippen LogP contribution is 2.17. The van der Waals surface area contributed by atoms with Crippen molar-refractivity contribution in [2.75, 3.05) is 19.6 Å². The lowest BCUT2D eigenvalue weighted by Gasteiger charge is -2.31. The lowest BCUT2D eigenvalue weighted by atomic mass is 9.99. The monoisotopic (exact) mass is 326 g/mol. The fourth-order valence-electron chi connectivity index (χ4n) is 3.14. The first kappa shape index (κ1) is 16.8. The first-order valence-corrected chi connectivity index (χ1v) is 8.77. The zero-order valence-electron chi connectivity index (χ0n) is 14.4. The number of hydrogen-bond acceptors (Lipinski definition) is 3. The van der Waals surface area contributed by atoms with E-state index in [1.54, 1.807) is 6.26 Å². The van der Waals surface area contributed by atoms with Gasteiger partial charge in [-0.05, 0) is 49.5 Å². The molecule has 24 heavy (non-hydrogen) atoms. The minimum absolute atomic E-state index is 0.171. The average molecular weight is 326 g/mol. The van der Waals surface area contributed by atoms with Gasteiger partial charge in [0, 0.05) is 6.54 Å². The maximum atomic E-state index is 12.9. The van der Waals surface area contributed by atoms with E-state index in [0.717, 1.165) is 30.3 Å². The van der Waals surface area contributed by atoms with E-state index in [0.29, 0.717) is 19.6 Å². The molecule has 0 atom stereocenters. The van der Waals surface area contributed by atoms with Crippen LogP contribution in [-0.2, 0) is 17.9 Å². The summed E-state index contributed by atoms with van der Waals surface area (Å²) in [7, 11) is 0. The quantitative estimate of drug-likeness (QED) is 0.815. The second-order valence-corrected chi connectivity index (χ2v) is 6.77. The molecular formula is C20H26N2O2. The molecule has 0 bridgehead atoms. The van der Waals surface area contributed by atoms with Gasteiger partial charge in [0.15, 0.2) is 0 Å². The molecule has 3 rings (SSSR count). The smallest absolute Gasteiger partial charge is 0.237 e. The number of hydrogen-bond donors (Lipinski definition) is 0. The molecule has 0 aliphatic carbocycles. The van der Waals surface area contributed by atoms with Crippen LogP contribution in [-0.4, -0.2) is 35.3 Å². The van der Waals surface area contributed by atoms with Crippen LogP contribution in [0.4, 0.5) is 0 Å². The van der Waals surface area contributed by atoms with Crippen LogP contribution in [0.3, 0.4) is 0 Å². The van der Waals surface area contributed by atoms with E-state index >= 15 is 0 Å². The van der Waals surface area contributed by atoms with Crippen molar-refractivity contribution in [3.8, 4) is 0 Å². The number of carbonyl (C=O) groups is 1. The number of furan rings is 1. The van der Waals surface area contributed by atoms with E-state index in [-0.39, 0.29) is 5.91 Å². The number of likely N-dealkylation sites (tertiary alicyclic amines) is 1. The maximum absolute atomic E-state index is 12.9. The topological polar surface area (TPSA) is 36.7 Å². The van der Waals surface area contributed by atoms with Crippen molar-refractivity contribution in [3.05, 3.63) is 60.1 Å². The SMILES string of the molecule is CC1CCN(CC(=O)N(Cc2ccccc2)Cc2ccco2)CC1. The third-order valence-electron chi connectivity index (χ3n) is 4.73. The Bertz CT molecular complexity index is 616. The summed E-state index contributed by atoms with van der Waals surface area (Å²) in [6.07, 6.45) is 4.03. The standard InChI is InChI=1S/C20H26N2O2/c1-17-9-11-21(12-10-17)16-20(23)22(15-19-8-5-13-24-19)14-18-6-3-2-4-7-18/h2-8,13,17H,9-12,14-16H2,1H3. The number of nitrogens with zero attached hydrogens (tertiary/aromatic N) is 2. The van der Waals surface area contributed by atoms with Crippen LogP contribution in [0.2, 0.25) is 0 Å². The van der Waals surface area contributed by atoms with Crippen LogP contribution < -0.4 is 0 Å². The van der Waals surface area contributed by atoms with Crippen molar-refractivity contribution in [1.29, 1.82) is 0 Å². The highest BCUT2D eigenvalue weighted by Gasteiger charge is 2.22. The van der Waals surface area contributed by atoms with E-state index in [4.69, 9.17) is 4.42 Å². The maximum Gasteiger partial charge on any atom is 0.237 e. The van der Waals surface area contributed by atoms with Gasteiger partial charge in [0.2, 0.25) is 5.91 Å². The van der Waals surface area contributed by atoms with Gasteiger partial charge in [-0.15, -0.1) is 0 Å². The van der Waals surface area contributed by atoms with Crippen molar-refractivity contribution >= 4 is 5.91 Å². The van der Waals surface area contributed by atoms with Crippen LogP contribution in [0, 0.1) is 5.92 Å². The Morgan fingerprint density at radius 3 is 2.54 bits per heavy atom. The molecule has 128 valence electrons. The first-order valence-electron chi connectivity index (χ1n) is 8.77. The lowest BCUT2D eigenvalue weighted by Crippen LogP contribution is -2.42. The highest BCUT2D eigenvalue weighted by atomic mass is 16.3. The van der Waals surface area contributed by atoms with Gasteiger partial charge in [0.25, 0.3) is 0 Å². The molecule has 0 spiro atoms. The molecule has 1 saturated heterocycles. The van der Waals surface area contributed by atoms with Gasteiger partial charge in [0.1, 0.15) is 5.76 Å².